The molecule has 4 rings (SSSR count). The highest BCUT2D eigenvalue weighted by Crippen LogP contribution is 2.23. The van der Waals surface area contributed by atoms with E-state index in [-0.39, 0.29) is 0 Å². The molecular weight excluding hydrogens is 360 g/mol. The quantitative estimate of drug-likeness (QED) is 0.690. The lowest BCUT2D eigenvalue weighted by molar-refractivity contribution is 0.0663. The van der Waals surface area contributed by atoms with Gasteiger partial charge in [0.15, 0.2) is 0 Å². The van der Waals surface area contributed by atoms with Gasteiger partial charge < -0.3 is 14.7 Å². The summed E-state index contributed by atoms with van der Waals surface area (Å²) in [5.74, 6) is 0.808. The van der Waals surface area contributed by atoms with Gasteiger partial charge in [-0.1, -0.05) is 48.0 Å². The van der Waals surface area contributed by atoms with Gasteiger partial charge in [0.1, 0.15) is 18.5 Å². The number of hydrogen-bond acceptors (Lipinski definition) is 4. The Bertz CT molecular complexity index is 964. The maximum absolute atomic E-state index is 10.5. The number of β-amino-alcohol motifs (C(OH)–C–C–N with tert-alkyl or cyclic N) is 1. The number of piperazine rings is 1. The van der Waals surface area contributed by atoms with Crippen LogP contribution in [-0.2, 0) is 0 Å². The third-order valence-corrected chi connectivity index (χ3v) is 5.70. The molecule has 152 valence electrons. The molecule has 3 aromatic carbocycles. The van der Waals surface area contributed by atoms with Gasteiger partial charge in [-0.15, -0.1) is 0 Å². The summed E-state index contributed by atoms with van der Waals surface area (Å²) in [7, 11) is 0. The molecule has 1 fully saturated rings. The van der Waals surface area contributed by atoms with Gasteiger partial charge in [0.25, 0.3) is 0 Å². The summed E-state index contributed by atoms with van der Waals surface area (Å²) in [5.41, 5.74) is 3.97. The van der Waals surface area contributed by atoms with Crippen molar-refractivity contribution in [3.63, 3.8) is 0 Å². The molecule has 0 radical (unpaired) electrons. The number of fused-ring (bicyclic) bond motifs is 1. The Morgan fingerprint density at radius 1 is 0.897 bits per heavy atom. The molecular formula is C25H30N2O2. The fraction of sp³-hybridized carbons (Fsp3) is 0.360. The van der Waals surface area contributed by atoms with Gasteiger partial charge in [-0.3, -0.25) is 4.90 Å². The smallest absolute Gasteiger partial charge is 0.120 e. The van der Waals surface area contributed by atoms with Crippen molar-refractivity contribution in [1.29, 1.82) is 0 Å². The number of benzene rings is 3. The van der Waals surface area contributed by atoms with Crippen molar-refractivity contribution in [1.82, 2.24) is 4.90 Å². The van der Waals surface area contributed by atoms with Gasteiger partial charge in [-0.2, -0.15) is 0 Å². The van der Waals surface area contributed by atoms with E-state index in [1.807, 2.05) is 24.3 Å². The number of ether oxygens (including phenoxy) is 1. The average Bonchev–Trinajstić information content (AvgIpc) is 2.73. The van der Waals surface area contributed by atoms with Crippen LogP contribution in [0.25, 0.3) is 10.8 Å². The number of aliphatic hydroxyl groups excluding tert-OH is 1. The standard InChI is InChI=1S/C25H30N2O2/c1-19-7-10-25(20(2)15-19)27-13-11-26(12-14-27)17-23(28)18-29-24-9-8-21-5-3-4-6-22(21)16-24/h3-10,15-16,23,28H,11-14,17-18H2,1-2H3/t23-/m0/s1. The van der Waals surface area contributed by atoms with Crippen LogP contribution < -0.4 is 9.64 Å². The molecule has 29 heavy (non-hydrogen) atoms. The van der Waals surface area contributed by atoms with E-state index in [9.17, 15) is 5.11 Å². The van der Waals surface area contributed by atoms with E-state index < -0.39 is 6.10 Å². The maximum Gasteiger partial charge on any atom is 0.120 e. The average molecular weight is 391 g/mol. The molecule has 0 aromatic heterocycles. The topological polar surface area (TPSA) is 35.9 Å². The number of hydrogen-bond donors (Lipinski definition) is 1. The van der Waals surface area contributed by atoms with Gasteiger partial charge in [-0.05, 0) is 48.4 Å². The summed E-state index contributed by atoms with van der Waals surface area (Å²) in [5, 5.41) is 12.8. The molecule has 1 heterocycles. The molecule has 1 aliphatic rings. The third kappa shape index (κ3) is 4.89. The van der Waals surface area contributed by atoms with Crippen LogP contribution in [0.1, 0.15) is 11.1 Å². The molecule has 0 aliphatic carbocycles. The van der Waals surface area contributed by atoms with E-state index in [2.05, 4.69) is 60.0 Å². The summed E-state index contributed by atoms with van der Waals surface area (Å²) >= 11 is 0. The summed E-state index contributed by atoms with van der Waals surface area (Å²) in [4.78, 5) is 4.78. The van der Waals surface area contributed by atoms with E-state index in [1.165, 1.54) is 22.2 Å². The van der Waals surface area contributed by atoms with Crippen molar-refractivity contribution < 1.29 is 9.84 Å². The zero-order valence-electron chi connectivity index (χ0n) is 17.3. The molecule has 0 spiro atoms. The van der Waals surface area contributed by atoms with Crippen molar-refractivity contribution in [2.24, 2.45) is 0 Å². The van der Waals surface area contributed by atoms with Crippen LogP contribution >= 0.6 is 0 Å². The van der Waals surface area contributed by atoms with Gasteiger partial charge >= 0.3 is 0 Å². The minimum Gasteiger partial charge on any atom is -0.491 e. The summed E-state index contributed by atoms with van der Waals surface area (Å²) < 4.78 is 5.85. The van der Waals surface area contributed by atoms with Crippen molar-refractivity contribution in [2.75, 3.05) is 44.2 Å². The second-order valence-corrected chi connectivity index (χ2v) is 8.05. The molecule has 4 heteroatoms. The van der Waals surface area contributed by atoms with Crippen LogP contribution in [0.2, 0.25) is 0 Å². The fourth-order valence-electron chi connectivity index (χ4n) is 4.13. The molecule has 1 N–H and O–H groups in total. The van der Waals surface area contributed by atoms with Crippen LogP contribution in [0, 0.1) is 13.8 Å². The van der Waals surface area contributed by atoms with Crippen LogP contribution in [0.15, 0.2) is 60.7 Å². The van der Waals surface area contributed by atoms with Gasteiger partial charge in [-0.25, -0.2) is 0 Å². The summed E-state index contributed by atoms with van der Waals surface area (Å²) in [6, 6.07) is 20.9. The molecule has 0 saturated carbocycles. The van der Waals surface area contributed by atoms with Crippen LogP contribution in [0.4, 0.5) is 5.69 Å². The van der Waals surface area contributed by atoms with E-state index in [0.717, 1.165) is 37.3 Å². The van der Waals surface area contributed by atoms with E-state index in [0.29, 0.717) is 13.2 Å². The summed E-state index contributed by atoms with van der Waals surface area (Å²) in [6.45, 7) is 9.17. The van der Waals surface area contributed by atoms with Gasteiger partial charge in [0.2, 0.25) is 0 Å². The van der Waals surface area contributed by atoms with E-state index in [1.54, 1.807) is 0 Å². The Labute approximate surface area is 173 Å². The predicted octanol–water partition coefficient (Wildman–Crippen LogP) is 4.02. The SMILES string of the molecule is Cc1ccc(N2CCN(C[C@H](O)COc3ccc4ccccc4c3)CC2)c(C)c1. The first kappa shape index (κ1) is 19.7. The Kier molecular flexibility index (Phi) is 6.02. The minimum absolute atomic E-state index is 0.315. The van der Waals surface area contributed by atoms with Gasteiger partial charge in [0.05, 0.1) is 0 Å². The van der Waals surface area contributed by atoms with E-state index in [4.69, 9.17) is 4.74 Å². The minimum atomic E-state index is -0.492. The van der Waals surface area contributed by atoms with Crippen molar-refractivity contribution >= 4 is 16.5 Å². The Morgan fingerprint density at radius 2 is 1.66 bits per heavy atom. The van der Waals surface area contributed by atoms with Crippen molar-refractivity contribution in [2.45, 2.75) is 20.0 Å². The first-order valence-corrected chi connectivity index (χ1v) is 10.4. The number of anilines is 1. The lowest BCUT2D eigenvalue weighted by Crippen LogP contribution is -2.49. The van der Waals surface area contributed by atoms with Crippen molar-refractivity contribution in [3.8, 4) is 5.75 Å². The van der Waals surface area contributed by atoms with Crippen molar-refractivity contribution in [3.05, 3.63) is 71.8 Å². The molecule has 0 unspecified atom stereocenters. The van der Waals surface area contributed by atoms with Crippen LogP contribution in [0.5, 0.6) is 5.75 Å². The zero-order chi connectivity index (χ0) is 20.2. The number of nitrogens with zero attached hydrogens (tertiary/aromatic N) is 2. The Morgan fingerprint density at radius 3 is 2.41 bits per heavy atom. The molecule has 0 bridgehead atoms. The highest BCUT2D eigenvalue weighted by molar-refractivity contribution is 5.83. The monoisotopic (exact) mass is 390 g/mol. The maximum atomic E-state index is 10.5. The lowest BCUT2D eigenvalue weighted by Gasteiger charge is -2.37. The van der Waals surface area contributed by atoms with Crippen LogP contribution in [0.3, 0.4) is 0 Å². The predicted molar refractivity (Wildman–Crippen MR) is 120 cm³/mol. The molecule has 1 atom stereocenters. The fourth-order valence-corrected chi connectivity index (χ4v) is 4.13. The summed E-state index contributed by atoms with van der Waals surface area (Å²) in [6.07, 6.45) is -0.492. The van der Waals surface area contributed by atoms with Gasteiger partial charge in [0, 0.05) is 38.4 Å². The number of aliphatic hydroxyl groups is 1. The number of rotatable bonds is 6. The number of aryl methyl sites for hydroxylation is 2. The molecule has 4 nitrogen and oxygen atoms in total. The highest BCUT2D eigenvalue weighted by Gasteiger charge is 2.20. The Hall–Kier alpha value is -2.56. The molecule has 3 aromatic rings. The normalized spacial score (nSPS) is 16.2. The first-order valence-electron chi connectivity index (χ1n) is 10.4. The lowest BCUT2D eigenvalue weighted by atomic mass is 10.1. The van der Waals surface area contributed by atoms with Crippen LogP contribution in [-0.4, -0.2) is 55.4 Å². The highest BCUT2D eigenvalue weighted by atomic mass is 16.5. The zero-order valence-corrected chi connectivity index (χ0v) is 17.3. The molecule has 0 amide bonds. The van der Waals surface area contributed by atoms with E-state index >= 15 is 0 Å². The first-order chi connectivity index (χ1) is 14.1. The Balaban J connectivity index is 1.25. The second kappa shape index (κ2) is 8.85. The second-order valence-electron chi connectivity index (χ2n) is 8.05. The molecule has 1 aliphatic heterocycles. The largest absolute Gasteiger partial charge is 0.491 e. The third-order valence-electron chi connectivity index (χ3n) is 5.70. The molecule has 1 saturated heterocycles.